The van der Waals surface area contributed by atoms with Crippen molar-refractivity contribution in [2.24, 2.45) is 9.98 Å². The van der Waals surface area contributed by atoms with Crippen molar-refractivity contribution in [3.63, 3.8) is 0 Å². The average Bonchev–Trinajstić information content (AvgIpc) is 3.53. The Balaban J connectivity index is 1.18. The number of nitrogens with zero attached hydrogens (tertiary/aromatic N) is 2. The Bertz CT molecular complexity index is 2480. The Hall–Kier alpha value is -6.26. The molecule has 0 radical (unpaired) electrons. The van der Waals surface area contributed by atoms with Gasteiger partial charge in [-0.2, -0.15) is 0 Å². The molecule has 1 unspecified atom stereocenters. The van der Waals surface area contributed by atoms with E-state index in [0.717, 1.165) is 67.0 Å². The highest BCUT2D eigenvalue weighted by Gasteiger charge is 2.24. The third-order valence-electron chi connectivity index (χ3n) is 8.94. The van der Waals surface area contributed by atoms with E-state index in [1.807, 2.05) is 24.3 Å². The molecule has 4 heteroatoms. The van der Waals surface area contributed by atoms with Gasteiger partial charge in [0.2, 0.25) is 0 Å². The number of amidine groups is 2. The Kier molecular flexibility index (Phi) is 6.50. The van der Waals surface area contributed by atoms with Crippen LogP contribution in [-0.2, 0) is 0 Å². The number of rotatable bonds is 5. The number of benzene rings is 7. The third-order valence-corrected chi connectivity index (χ3v) is 8.94. The predicted molar refractivity (Wildman–Crippen MR) is 194 cm³/mol. The summed E-state index contributed by atoms with van der Waals surface area (Å²) in [4.78, 5) is 10.5. The van der Waals surface area contributed by atoms with Crippen molar-refractivity contribution in [1.29, 1.82) is 0 Å². The van der Waals surface area contributed by atoms with Gasteiger partial charge in [-0.25, -0.2) is 9.98 Å². The number of hydrogen-bond donors (Lipinski definition) is 1. The molecule has 0 aliphatic carbocycles. The van der Waals surface area contributed by atoms with E-state index in [9.17, 15) is 0 Å². The molecule has 1 aliphatic rings. The molecule has 0 fully saturated rings. The van der Waals surface area contributed by atoms with Crippen molar-refractivity contribution in [2.75, 3.05) is 0 Å². The highest BCUT2D eigenvalue weighted by molar-refractivity contribution is 6.17. The molecule has 7 aromatic carbocycles. The lowest BCUT2D eigenvalue weighted by Gasteiger charge is -2.23. The van der Waals surface area contributed by atoms with Gasteiger partial charge in [0.15, 0.2) is 6.17 Å². The normalized spacial score (nSPS) is 14.6. The zero-order valence-electron chi connectivity index (χ0n) is 25.5. The van der Waals surface area contributed by atoms with Gasteiger partial charge in [-0.3, -0.25) is 0 Å². The Morgan fingerprint density at radius 2 is 1.02 bits per heavy atom. The summed E-state index contributed by atoms with van der Waals surface area (Å²) in [6.45, 7) is 0. The zero-order chi connectivity index (χ0) is 31.2. The van der Waals surface area contributed by atoms with Gasteiger partial charge < -0.3 is 9.73 Å². The molecular weight excluding hydrogens is 574 g/mol. The lowest BCUT2D eigenvalue weighted by molar-refractivity contribution is 0.668. The Labute approximate surface area is 272 Å². The van der Waals surface area contributed by atoms with E-state index >= 15 is 0 Å². The van der Waals surface area contributed by atoms with Crippen molar-refractivity contribution in [3.8, 4) is 22.3 Å². The minimum absolute atomic E-state index is 0.472. The Morgan fingerprint density at radius 3 is 1.79 bits per heavy atom. The lowest BCUT2D eigenvalue weighted by Crippen LogP contribution is -2.36. The SMILES string of the molecule is c1ccc(-c2ccc(C3=NC(c4cccc5oc6cc(-c7ccccc7)ccc6c45)N=C(c4ccc5ccccc5c4)N3)cc2)cc1. The van der Waals surface area contributed by atoms with Crippen molar-refractivity contribution >= 4 is 44.4 Å². The topological polar surface area (TPSA) is 49.9 Å². The molecule has 222 valence electrons. The maximum atomic E-state index is 6.46. The van der Waals surface area contributed by atoms with E-state index in [-0.39, 0.29) is 0 Å². The minimum Gasteiger partial charge on any atom is -0.456 e. The van der Waals surface area contributed by atoms with Crippen LogP contribution in [0.1, 0.15) is 22.9 Å². The molecule has 8 aromatic rings. The second kappa shape index (κ2) is 11.3. The largest absolute Gasteiger partial charge is 0.456 e. The fraction of sp³-hybridized carbons (Fsp3) is 0.0233. The van der Waals surface area contributed by atoms with Gasteiger partial charge in [0.25, 0.3) is 0 Å². The van der Waals surface area contributed by atoms with Gasteiger partial charge in [-0.05, 0) is 57.3 Å². The molecule has 47 heavy (non-hydrogen) atoms. The summed E-state index contributed by atoms with van der Waals surface area (Å²) in [5.74, 6) is 1.57. The first kappa shape index (κ1) is 27.1. The van der Waals surface area contributed by atoms with E-state index in [4.69, 9.17) is 14.4 Å². The molecule has 1 aliphatic heterocycles. The van der Waals surface area contributed by atoms with Crippen LogP contribution in [0.3, 0.4) is 0 Å². The number of hydrogen-bond acceptors (Lipinski definition) is 4. The number of furan rings is 1. The number of nitrogens with one attached hydrogen (secondary N) is 1. The number of fused-ring (bicyclic) bond motifs is 4. The van der Waals surface area contributed by atoms with Gasteiger partial charge >= 0.3 is 0 Å². The van der Waals surface area contributed by atoms with Gasteiger partial charge in [-0.15, -0.1) is 0 Å². The zero-order valence-corrected chi connectivity index (χ0v) is 25.5. The van der Waals surface area contributed by atoms with E-state index in [1.54, 1.807) is 0 Å². The standard InChI is InChI=1S/C43H29N3O/c1-3-10-28(11-4-1)31-18-21-32(22-19-31)41-44-42(35-23-20-30-14-7-8-15-33(30)26-35)46-43(45-41)37-16-9-17-38-40(37)36-25-24-34(27-39(36)47-38)29-12-5-2-6-13-29/h1-27,43H,(H,44,45,46). The first-order valence-corrected chi connectivity index (χ1v) is 15.9. The summed E-state index contributed by atoms with van der Waals surface area (Å²) >= 11 is 0. The van der Waals surface area contributed by atoms with E-state index < -0.39 is 6.17 Å². The van der Waals surface area contributed by atoms with Gasteiger partial charge in [-0.1, -0.05) is 140 Å². The predicted octanol–water partition coefficient (Wildman–Crippen LogP) is 10.6. The summed E-state index contributed by atoms with van der Waals surface area (Å²) in [7, 11) is 0. The second-order valence-corrected chi connectivity index (χ2v) is 11.9. The molecule has 1 aromatic heterocycles. The average molecular weight is 604 g/mol. The van der Waals surface area contributed by atoms with Crippen molar-refractivity contribution in [3.05, 3.63) is 180 Å². The van der Waals surface area contributed by atoms with Crippen LogP contribution in [0.25, 0.3) is 55.0 Å². The minimum atomic E-state index is -0.472. The van der Waals surface area contributed by atoms with Gasteiger partial charge in [0.05, 0.1) is 0 Å². The maximum absolute atomic E-state index is 6.46. The quantitative estimate of drug-likeness (QED) is 0.213. The van der Waals surface area contributed by atoms with E-state index in [0.29, 0.717) is 0 Å². The molecular formula is C43H29N3O. The van der Waals surface area contributed by atoms with Crippen LogP contribution in [0, 0.1) is 0 Å². The van der Waals surface area contributed by atoms with Crippen LogP contribution in [0.5, 0.6) is 0 Å². The lowest BCUT2D eigenvalue weighted by atomic mass is 10.00. The molecule has 1 N–H and O–H groups in total. The van der Waals surface area contributed by atoms with Crippen LogP contribution in [0.2, 0.25) is 0 Å². The summed E-state index contributed by atoms with van der Waals surface area (Å²) < 4.78 is 6.46. The molecule has 2 heterocycles. The summed E-state index contributed by atoms with van der Waals surface area (Å²) in [6.07, 6.45) is -0.472. The molecule has 0 saturated carbocycles. The molecule has 1 atom stereocenters. The molecule has 0 bridgehead atoms. The molecule has 4 nitrogen and oxygen atoms in total. The maximum Gasteiger partial charge on any atom is 0.170 e. The smallest absolute Gasteiger partial charge is 0.170 e. The Morgan fingerprint density at radius 1 is 0.426 bits per heavy atom. The fourth-order valence-corrected chi connectivity index (χ4v) is 6.55. The molecule has 0 spiro atoms. The fourth-order valence-electron chi connectivity index (χ4n) is 6.55. The van der Waals surface area contributed by atoms with Crippen LogP contribution >= 0.6 is 0 Å². The van der Waals surface area contributed by atoms with Crippen molar-refractivity contribution in [1.82, 2.24) is 5.32 Å². The monoisotopic (exact) mass is 603 g/mol. The summed E-state index contributed by atoms with van der Waals surface area (Å²) in [6, 6.07) is 56.9. The van der Waals surface area contributed by atoms with E-state index in [1.165, 1.54) is 16.3 Å². The van der Waals surface area contributed by atoms with Gasteiger partial charge in [0.1, 0.15) is 22.8 Å². The first-order chi connectivity index (χ1) is 23.3. The molecule has 9 rings (SSSR count). The first-order valence-electron chi connectivity index (χ1n) is 15.9. The summed E-state index contributed by atoms with van der Waals surface area (Å²) in [5.41, 5.74) is 9.32. The van der Waals surface area contributed by atoms with Crippen LogP contribution < -0.4 is 5.32 Å². The van der Waals surface area contributed by atoms with Gasteiger partial charge in [0, 0.05) is 27.5 Å². The van der Waals surface area contributed by atoms with Crippen molar-refractivity contribution in [2.45, 2.75) is 6.17 Å². The van der Waals surface area contributed by atoms with E-state index in [2.05, 4.69) is 145 Å². The van der Waals surface area contributed by atoms with Crippen molar-refractivity contribution < 1.29 is 4.42 Å². The highest BCUT2D eigenvalue weighted by Crippen LogP contribution is 2.38. The summed E-state index contributed by atoms with van der Waals surface area (Å²) in [5, 5.41) is 8.05. The van der Waals surface area contributed by atoms with Crippen LogP contribution in [0.15, 0.2) is 178 Å². The second-order valence-electron chi connectivity index (χ2n) is 11.9. The third kappa shape index (κ3) is 4.97. The van der Waals surface area contributed by atoms with Crippen LogP contribution in [0.4, 0.5) is 0 Å². The highest BCUT2D eigenvalue weighted by atomic mass is 16.3. The molecule has 0 saturated heterocycles. The number of aliphatic imine (C=N–C) groups is 2. The van der Waals surface area contributed by atoms with Crippen LogP contribution in [-0.4, -0.2) is 11.7 Å². The molecule has 0 amide bonds.